The zero-order valence-corrected chi connectivity index (χ0v) is 7.33. The second-order valence-corrected chi connectivity index (χ2v) is 2.22. The Morgan fingerprint density at radius 2 is 1.40 bits per heavy atom. The summed E-state index contributed by atoms with van der Waals surface area (Å²) >= 11 is 0. The molecule has 58 valence electrons. The van der Waals surface area contributed by atoms with E-state index in [2.05, 4.69) is 30.8 Å². The number of hydrogen-bond acceptors (Lipinski definition) is 0. The highest BCUT2D eigenvalue weighted by Crippen LogP contribution is 2.01. The van der Waals surface area contributed by atoms with Crippen molar-refractivity contribution < 1.29 is 0 Å². The number of aromatic nitrogens is 1. The molecule has 10 heavy (non-hydrogen) atoms. The summed E-state index contributed by atoms with van der Waals surface area (Å²) in [5.74, 6) is 0. The first-order chi connectivity index (χ1) is 4.80. The van der Waals surface area contributed by atoms with Gasteiger partial charge in [0.15, 0.2) is 0 Å². The molecule has 0 aliphatic carbocycles. The maximum atomic E-state index is 2.17. The van der Waals surface area contributed by atoms with Crippen LogP contribution in [0.4, 0.5) is 0 Å². The molecule has 0 amide bonds. The van der Waals surface area contributed by atoms with Crippen LogP contribution >= 0.6 is 0 Å². The Bertz CT molecular complexity index is 140. The van der Waals surface area contributed by atoms with Gasteiger partial charge in [-0.05, 0) is 26.0 Å². The molecule has 1 aromatic heterocycles. The molecule has 0 spiro atoms. The molecular weight excluding hydrogens is 122 g/mol. The van der Waals surface area contributed by atoms with Crippen molar-refractivity contribution in [2.45, 2.75) is 33.7 Å². The van der Waals surface area contributed by atoms with E-state index in [1.165, 1.54) is 0 Å². The predicted octanol–water partition coefficient (Wildman–Crippen LogP) is 3.10. The van der Waals surface area contributed by atoms with Gasteiger partial charge in [0.05, 0.1) is 0 Å². The van der Waals surface area contributed by atoms with Gasteiger partial charge in [0.1, 0.15) is 0 Å². The van der Waals surface area contributed by atoms with Gasteiger partial charge >= 0.3 is 0 Å². The highest BCUT2D eigenvalue weighted by molar-refractivity contribution is 4.91. The van der Waals surface area contributed by atoms with Crippen molar-refractivity contribution in [2.75, 3.05) is 0 Å². The second-order valence-electron chi connectivity index (χ2n) is 2.22. The number of nitrogens with zero attached hydrogens (tertiary/aromatic N) is 1. The predicted molar refractivity (Wildman–Crippen MR) is 46.2 cm³/mol. The van der Waals surface area contributed by atoms with Crippen LogP contribution in [-0.4, -0.2) is 4.57 Å². The maximum Gasteiger partial charge on any atom is 0.0274 e. The zero-order valence-electron chi connectivity index (χ0n) is 7.33. The van der Waals surface area contributed by atoms with E-state index < -0.39 is 0 Å². The van der Waals surface area contributed by atoms with E-state index in [1.54, 1.807) is 0 Å². The van der Waals surface area contributed by atoms with E-state index in [9.17, 15) is 0 Å². The van der Waals surface area contributed by atoms with E-state index in [1.807, 2.05) is 26.0 Å². The Morgan fingerprint density at radius 1 is 1.00 bits per heavy atom. The normalized spacial score (nSPS) is 8.90. The van der Waals surface area contributed by atoms with Gasteiger partial charge in [-0.3, -0.25) is 0 Å². The van der Waals surface area contributed by atoms with Crippen molar-refractivity contribution in [2.24, 2.45) is 0 Å². The molecule has 0 unspecified atom stereocenters. The lowest BCUT2D eigenvalue weighted by atomic mass is 10.4. The fraction of sp³-hybridized carbons (Fsp3) is 0.556. The summed E-state index contributed by atoms with van der Waals surface area (Å²) in [7, 11) is 0. The molecule has 0 aromatic carbocycles. The minimum Gasteiger partial charge on any atom is -0.352 e. The van der Waals surface area contributed by atoms with Crippen LogP contribution in [0.2, 0.25) is 0 Å². The molecule has 1 rings (SSSR count). The lowest BCUT2D eigenvalue weighted by molar-refractivity contribution is 0.604. The van der Waals surface area contributed by atoms with Crippen LogP contribution in [0.3, 0.4) is 0 Å². The first-order valence-corrected chi connectivity index (χ1v) is 3.93. The van der Waals surface area contributed by atoms with E-state index in [4.69, 9.17) is 0 Å². The van der Waals surface area contributed by atoms with Crippen LogP contribution in [-0.2, 0) is 0 Å². The van der Waals surface area contributed by atoms with Crippen molar-refractivity contribution in [3.8, 4) is 0 Å². The van der Waals surface area contributed by atoms with Crippen molar-refractivity contribution in [3.05, 3.63) is 24.5 Å². The highest BCUT2D eigenvalue weighted by Gasteiger charge is 1.89. The van der Waals surface area contributed by atoms with Gasteiger partial charge in [0.2, 0.25) is 0 Å². The van der Waals surface area contributed by atoms with Crippen LogP contribution in [0.15, 0.2) is 24.5 Å². The zero-order chi connectivity index (χ0) is 7.98. The van der Waals surface area contributed by atoms with Gasteiger partial charge < -0.3 is 4.57 Å². The van der Waals surface area contributed by atoms with Crippen molar-refractivity contribution in [1.82, 2.24) is 4.57 Å². The summed E-state index contributed by atoms with van der Waals surface area (Å²) < 4.78 is 2.17. The second kappa shape index (κ2) is 5.10. The lowest BCUT2D eigenvalue weighted by Gasteiger charge is -2.03. The largest absolute Gasteiger partial charge is 0.352 e. The highest BCUT2D eigenvalue weighted by atomic mass is 15.0. The third-order valence-electron chi connectivity index (χ3n) is 1.22. The molecule has 0 N–H and O–H groups in total. The Balaban J connectivity index is 0.000000371. The molecule has 1 heteroatoms. The molecule has 0 saturated heterocycles. The maximum absolute atomic E-state index is 2.17. The standard InChI is InChI=1S/C7H11N.C2H6/c1-7(2)8-5-3-4-6-8;1-2/h3-7H,1-2H3;1-2H3. The summed E-state index contributed by atoms with van der Waals surface area (Å²) in [6.07, 6.45) is 4.15. The van der Waals surface area contributed by atoms with Gasteiger partial charge in [0, 0.05) is 18.4 Å². The monoisotopic (exact) mass is 139 g/mol. The quantitative estimate of drug-likeness (QED) is 0.563. The van der Waals surface area contributed by atoms with E-state index in [-0.39, 0.29) is 0 Å². The number of hydrogen-bond donors (Lipinski definition) is 0. The van der Waals surface area contributed by atoms with Gasteiger partial charge in [-0.15, -0.1) is 0 Å². The average molecular weight is 139 g/mol. The summed E-state index contributed by atoms with van der Waals surface area (Å²) in [5, 5.41) is 0. The Morgan fingerprint density at radius 3 is 1.60 bits per heavy atom. The molecule has 1 aromatic rings. The first kappa shape index (κ1) is 9.28. The summed E-state index contributed by atoms with van der Waals surface area (Å²) in [6, 6.07) is 4.69. The average Bonchev–Trinajstić information content (AvgIpc) is 2.42. The number of rotatable bonds is 1. The fourth-order valence-electron chi connectivity index (χ4n) is 0.692. The molecule has 0 bridgehead atoms. The SMILES string of the molecule is CC.CC(C)n1cccc1. The molecule has 0 aliphatic heterocycles. The molecular formula is C9H17N. The first-order valence-electron chi connectivity index (χ1n) is 3.93. The van der Waals surface area contributed by atoms with Crippen LogP contribution in [0.5, 0.6) is 0 Å². The van der Waals surface area contributed by atoms with E-state index >= 15 is 0 Å². The van der Waals surface area contributed by atoms with Crippen LogP contribution in [0, 0.1) is 0 Å². The van der Waals surface area contributed by atoms with E-state index in [0.717, 1.165) is 0 Å². The Hall–Kier alpha value is -0.720. The third-order valence-corrected chi connectivity index (χ3v) is 1.22. The summed E-state index contributed by atoms with van der Waals surface area (Å²) in [5.41, 5.74) is 0. The summed E-state index contributed by atoms with van der Waals surface area (Å²) in [4.78, 5) is 0. The lowest BCUT2D eigenvalue weighted by Crippen LogP contribution is -1.94. The van der Waals surface area contributed by atoms with Crippen LogP contribution in [0.25, 0.3) is 0 Å². The van der Waals surface area contributed by atoms with Crippen LogP contribution in [0.1, 0.15) is 33.7 Å². The van der Waals surface area contributed by atoms with Gasteiger partial charge in [-0.25, -0.2) is 0 Å². The molecule has 0 atom stereocenters. The summed E-state index contributed by atoms with van der Waals surface area (Å²) in [6.45, 7) is 8.33. The van der Waals surface area contributed by atoms with Gasteiger partial charge in [-0.2, -0.15) is 0 Å². The fourth-order valence-corrected chi connectivity index (χ4v) is 0.692. The van der Waals surface area contributed by atoms with Crippen LogP contribution < -0.4 is 0 Å². The molecule has 1 nitrogen and oxygen atoms in total. The van der Waals surface area contributed by atoms with Gasteiger partial charge in [0.25, 0.3) is 0 Å². The van der Waals surface area contributed by atoms with Crippen molar-refractivity contribution in [1.29, 1.82) is 0 Å². The minimum absolute atomic E-state index is 0.602. The van der Waals surface area contributed by atoms with Crippen molar-refractivity contribution in [3.63, 3.8) is 0 Å². The smallest absolute Gasteiger partial charge is 0.0274 e. The molecule has 0 aliphatic rings. The third kappa shape index (κ3) is 2.72. The molecule has 0 fully saturated rings. The topological polar surface area (TPSA) is 4.93 Å². The van der Waals surface area contributed by atoms with Crippen molar-refractivity contribution >= 4 is 0 Å². The molecule has 0 radical (unpaired) electrons. The molecule has 1 heterocycles. The minimum atomic E-state index is 0.602. The van der Waals surface area contributed by atoms with E-state index in [0.29, 0.717) is 6.04 Å². The molecule has 0 saturated carbocycles. The Labute approximate surface area is 63.7 Å². The Kier molecular flexibility index (Phi) is 4.73. The van der Waals surface area contributed by atoms with Gasteiger partial charge in [-0.1, -0.05) is 13.8 Å².